The van der Waals surface area contributed by atoms with Crippen LogP contribution < -0.4 is 5.32 Å². The third-order valence-electron chi connectivity index (χ3n) is 4.80. The van der Waals surface area contributed by atoms with E-state index in [0.29, 0.717) is 6.04 Å². The molecule has 0 radical (unpaired) electrons. The number of nitrogens with one attached hydrogen (secondary N) is 1. The highest BCUT2D eigenvalue weighted by molar-refractivity contribution is 4.85. The lowest BCUT2D eigenvalue weighted by molar-refractivity contribution is -0.0780. The van der Waals surface area contributed by atoms with Crippen LogP contribution in [0.1, 0.15) is 33.1 Å². The predicted octanol–water partition coefficient (Wildman–Crippen LogP) is 1.17. The number of hydrogen-bond donors (Lipinski definition) is 1. The van der Waals surface area contributed by atoms with E-state index >= 15 is 0 Å². The molecule has 0 bridgehead atoms. The van der Waals surface area contributed by atoms with Crippen LogP contribution in [0.15, 0.2) is 0 Å². The van der Waals surface area contributed by atoms with Gasteiger partial charge in [0.25, 0.3) is 0 Å². The maximum Gasteiger partial charge on any atom is 0.0666 e. The molecule has 2 atom stereocenters. The number of rotatable bonds is 5. The Bertz CT molecular complexity index is 266. The maximum atomic E-state index is 5.90. The van der Waals surface area contributed by atoms with E-state index in [1.165, 1.54) is 39.1 Å². The van der Waals surface area contributed by atoms with Crippen molar-refractivity contribution in [2.75, 3.05) is 52.9 Å². The lowest BCUT2D eigenvalue weighted by atomic mass is 9.90. The van der Waals surface area contributed by atoms with Gasteiger partial charge < -0.3 is 15.0 Å². The summed E-state index contributed by atoms with van der Waals surface area (Å²) in [6.07, 6.45) is 3.44. The lowest BCUT2D eigenvalue weighted by Crippen LogP contribution is -2.49. The van der Waals surface area contributed by atoms with Gasteiger partial charge in [-0.3, -0.25) is 4.90 Å². The normalized spacial score (nSPS) is 34.6. The number of hydrogen-bond acceptors (Lipinski definition) is 4. The molecule has 2 aliphatic rings. The summed E-state index contributed by atoms with van der Waals surface area (Å²) >= 11 is 0. The van der Waals surface area contributed by atoms with Crippen LogP contribution in [-0.2, 0) is 4.74 Å². The first-order valence-corrected chi connectivity index (χ1v) is 7.89. The van der Waals surface area contributed by atoms with Gasteiger partial charge in [0.15, 0.2) is 0 Å². The molecule has 0 saturated carbocycles. The van der Waals surface area contributed by atoms with E-state index in [1.807, 2.05) is 0 Å². The van der Waals surface area contributed by atoms with E-state index < -0.39 is 0 Å². The first-order valence-electron chi connectivity index (χ1n) is 7.89. The lowest BCUT2D eigenvalue weighted by Gasteiger charge is -2.38. The number of ether oxygens (including phenoxy) is 1. The minimum atomic E-state index is 0.101. The number of likely N-dealkylation sites (N-methyl/N-ethyl adjacent to an activating group) is 1. The predicted molar refractivity (Wildman–Crippen MR) is 79.6 cm³/mol. The molecule has 19 heavy (non-hydrogen) atoms. The standard InChI is InChI=1S/C15H31N3O/c1-4-15(2)13-14(5-12-19-15)16-6-7-18-10-8-17(3)9-11-18/h14,16H,4-13H2,1-3H3. The first kappa shape index (κ1) is 15.2. The van der Waals surface area contributed by atoms with Gasteiger partial charge in [0.05, 0.1) is 5.60 Å². The van der Waals surface area contributed by atoms with E-state index in [4.69, 9.17) is 4.74 Å². The van der Waals surface area contributed by atoms with Crippen molar-refractivity contribution in [3.8, 4) is 0 Å². The second-order valence-electron chi connectivity index (χ2n) is 6.44. The molecule has 0 aromatic carbocycles. The minimum Gasteiger partial charge on any atom is -0.375 e. The molecular weight excluding hydrogens is 238 g/mol. The zero-order valence-corrected chi connectivity index (χ0v) is 13.0. The Morgan fingerprint density at radius 2 is 2.00 bits per heavy atom. The molecule has 2 heterocycles. The van der Waals surface area contributed by atoms with Gasteiger partial charge in [0.2, 0.25) is 0 Å². The van der Waals surface area contributed by atoms with Gasteiger partial charge in [0, 0.05) is 51.9 Å². The molecule has 2 rings (SSSR count). The van der Waals surface area contributed by atoms with E-state index in [2.05, 4.69) is 36.0 Å². The van der Waals surface area contributed by atoms with Crippen molar-refractivity contribution in [1.82, 2.24) is 15.1 Å². The summed E-state index contributed by atoms with van der Waals surface area (Å²) in [5, 5.41) is 3.73. The van der Waals surface area contributed by atoms with Crippen LogP contribution in [-0.4, -0.2) is 74.4 Å². The summed E-state index contributed by atoms with van der Waals surface area (Å²) in [6, 6.07) is 0.645. The molecule has 112 valence electrons. The maximum absolute atomic E-state index is 5.90. The Balaban J connectivity index is 1.63. The van der Waals surface area contributed by atoms with Gasteiger partial charge >= 0.3 is 0 Å². The molecule has 0 aromatic rings. The quantitative estimate of drug-likeness (QED) is 0.811. The highest BCUT2D eigenvalue weighted by atomic mass is 16.5. The van der Waals surface area contributed by atoms with Crippen molar-refractivity contribution in [1.29, 1.82) is 0 Å². The molecule has 2 aliphatic heterocycles. The average Bonchev–Trinajstić information content (AvgIpc) is 2.41. The topological polar surface area (TPSA) is 27.7 Å². The molecule has 0 aromatic heterocycles. The van der Waals surface area contributed by atoms with Crippen molar-refractivity contribution in [2.45, 2.75) is 44.8 Å². The summed E-state index contributed by atoms with van der Waals surface area (Å²) in [5.41, 5.74) is 0.101. The van der Waals surface area contributed by atoms with Crippen LogP contribution >= 0.6 is 0 Å². The second-order valence-corrected chi connectivity index (χ2v) is 6.44. The fourth-order valence-electron chi connectivity index (χ4n) is 3.05. The van der Waals surface area contributed by atoms with Crippen molar-refractivity contribution in [3.63, 3.8) is 0 Å². The molecule has 1 N–H and O–H groups in total. The average molecular weight is 269 g/mol. The zero-order valence-electron chi connectivity index (χ0n) is 13.0. The largest absolute Gasteiger partial charge is 0.375 e. The van der Waals surface area contributed by atoms with Crippen molar-refractivity contribution < 1.29 is 4.74 Å². The van der Waals surface area contributed by atoms with Crippen LogP contribution in [0.5, 0.6) is 0 Å². The summed E-state index contributed by atoms with van der Waals surface area (Å²) in [7, 11) is 2.21. The Morgan fingerprint density at radius 3 is 2.68 bits per heavy atom. The summed E-state index contributed by atoms with van der Waals surface area (Å²) in [6.45, 7) is 12.6. The third-order valence-corrected chi connectivity index (χ3v) is 4.80. The highest BCUT2D eigenvalue weighted by Crippen LogP contribution is 2.27. The third kappa shape index (κ3) is 4.71. The van der Waals surface area contributed by atoms with Gasteiger partial charge in [0.1, 0.15) is 0 Å². The number of nitrogens with zero attached hydrogens (tertiary/aromatic N) is 2. The molecule has 0 amide bonds. The number of piperazine rings is 1. The summed E-state index contributed by atoms with van der Waals surface area (Å²) < 4.78 is 5.90. The molecule has 2 saturated heterocycles. The monoisotopic (exact) mass is 269 g/mol. The molecule has 0 aliphatic carbocycles. The van der Waals surface area contributed by atoms with Crippen molar-refractivity contribution in [2.24, 2.45) is 0 Å². The zero-order chi connectivity index (χ0) is 13.7. The van der Waals surface area contributed by atoms with E-state index in [9.17, 15) is 0 Å². The fraction of sp³-hybridized carbons (Fsp3) is 1.00. The Kier molecular flexibility index (Phi) is 5.63. The highest BCUT2D eigenvalue weighted by Gasteiger charge is 2.31. The van der Waals surface area contributed by atoms with Crippen molar-refractivity contribution >= 4 is 0 Å². The van der Waals surface area contributed by atoms with Gasteiger partial charge in [-0.25, -0.2) is 0 Å². The van der Waals surface area contributed by atoms with Crippen molar-refractivity contribution in [3.05, 3.63) is 0 Å². The van der Waals surface area contributed by atoms with Crippen LogP contribution in [0, 0.1) is 0 Å². The molecule has 4 heteroatoms. The van der Waals surface area contributed by atoms with E-state index in [0.717, 1.165) is 26.0 Å². The molecule has 4 nitrogen and oxygen atoms in total. The SMILES string of the molecule is CCC1(C)CC(NCCN2CCN(C)CC2)CCO1. The smallest absolute Gasteiger partial charge is 0.0666 e. The van der Waals surface area contributed by atoms with Crippen LogP contribution in [0.25, 0.3) is 0 Å². The minimum absolute atomic E-state index is 0.101. The van der Waals surface area contributed by atoms with Gasteiger partial charge in [-0.15, -0.1) is 0 Å². The van der Waals surface area contributed by atoms with Gasteiger partial charge in [-0.1, -0.05) is 6.92 Å². The Labute approximate surface area is 118 Å². The van der Waals surface area contributed by atoms with Crippen LogP contribution in [0.2, 0.25) is 0 Å². The molecular formula is C15H31N3O. The van der Waals surface area contributed by atoms with E-state index in [1.54, 1.807) is 0 Å². The summed E-state index contributed by atoms with van der Waals surface area (Å²) in [4.78, 5) is 4.99. The Hall–Kier alpha value is -0.160. The van der Waals surface area contributed by atoms with E-state index in [-0.39, 0.29) is 5.60 Å². The second kappa shape index (κ2) is 7.02. The molecule has 2 fully saturated rings. The Morgan fingerprint density at radius 1 is 1.26 bits per heavy atom. The van der Waals surface area contributed by atoms with Gasteiger partial charge in [-0.05, 0) is 33.2 Å². The van der Waals surface area contributed by atoms with Gasteiger partial charge in [-0.2, -0.15) is 0 Å². The summed E-state index contributed by atoms with van der Waals surface area (Å²) in [5.74, 6) is 0. The molecule has 2 unspecified atom stereocenters. The van der Waals surface area contributed by atoms with Crippen LogP contribution in [0.3, 0.4) is 0 Å². The van der Waals surface area contributed by atoms with Crippen LogP contribution in [0.4, 0.5) is 0 Å². The molecule has 0 spiro atoms. The first-order chi connectivity index (χ1) is 9.11. The fourth-order valence-corrected chi connectivity index (χ4v) is 3.05.